The molecule has 2 N–H and O–H groups in total. The van der Waals surface area contributed by atoms with Gasteiger partial charge in [0.15, 0.2) is 0 Å². The van der Waals surface area contributed by atoms with Gasteiger partial charge in [0.25, 0.3) is 5.91 Å². The fourth-order valence-electron chi connectivity index (χ4n) is 1.86. The van der Waals surface area contributed by atoms with Crippen LogP contribution in [0.3, 0.4) is 0 Å². The maximum Gasteiger partial charge on any atom is 0.326 e. The van der Waals surface area contributed by atoms with Gasteiger partial charge in [0.2, 0.25) is 0 Å². The Morgan fingerprint density at radius 1 is 1.32 bits per heavy atom. The first kappa shape index (κ1) is 16.1. The molecule has 5 nitrogen and oxygen atoms in total. The standard InChI is InChI=1S/C15H15FN2O3S/c1-8(2)12(15(20)21)18-13(19)11-7-17-14(22-11)9-5-3-4-6-10(9)16/h3-8,12H,1-2H3,(H,18,19)(H,20,21)/t12-/m0/s1. The van der Waals surface area contributed by atoms with Gasteiger partial charge in [-0.1, -0.05) is 26.0 Å². The van der Waals surface area contributed by atoms with Crippen LogP contribution in [0.1, 0.15) is 23.5 Å². The van der Waals surface area contributed by atoms with E-state index >= 15 is 0 Å². The molecule has 1 atom stereocenters. The molecule has 0 saturated carbocycles. The summed E-state index contributed by atoms with van der Waals surface area (Å²) < 4.78 is 13.7. The van der Waals surface area contributed by atoms with Crippen molar-refractivity contribution in [1.82, 2.24) is 10.3 Å². The number of benzene rings is 1. The van der Waals surface area contributed by atoms with E-state index in [1.165, 1.54) is 12.3 Å². The number of halogens is 1. The van der Waals surface area contributed by atoms with Gasteiger partial charge in [0, 0.05) is 5.56 Å². The molecule has 1 aromatic heterocycles. The van der Waals surface area contributed by atoms with Gasteiger partial charge in [-0.25, -0.2) is 14.2 Å². The lowest BCUT2D eigenvalue weighted by Gasteiger charge is -2.17. The number of aliphatic carboxylic acids is 1. The summed E-state index contributed by atoms with van der Waals surface area (Å²) in [6.07, 6.45) is 1.32. The summed E-state index contributed by atoms with van der Waals surface area (Å²) in [5.41, 5.74) is 0.310. The molecule has 2 rings (SSSR count). The lowest BCUT2D eigenvalue weighted by molar-refractivity contribution is -0.140. The summed E-state index contributed by atoms with van der Waals surface area (Å²) in [7, 11) is 0. The summed E-state index contributed by atoms with van der Waals surface area (Å²) in [6.45, 7) is 3.41. The summed E-state index contributed by atoms with van der Waals surface area (Å²) in [6, 6.07) is 5.16. The van der Waals surface area contributed by atoms with Crippen LogP contribution in [0.2, 0.25) is 0 Å². The molecule has 2 aromatic rings. The highest BCUT2D eigenvalue weighted by molar-refractivity contribution is 7.16. The molecule has 0 spiro atoms. The van der Waals surface area contributed by atoms with E-state index in [4.69, 9.17) is 5.11 Å². The number of carbonyl (C=O) groups is 2. The van der Waals surface area contributed by atoms with Gasteiger partial charge in [-0.05, 0) is 18.1 Å². The van der Waals surface area contributed by atoms with E-state index in [0.29, 0.717) is 10.6 Å². The van der Waals surface area contributed by atoms with E-state index in [2.05, 4.69) is 10.3 Å². The molecular formula is C15H15FN2O3S. The highest BCUT2D eigenvalue weighted by atomic mass is 32.1. The van der Waals surface area contributed by atoms with E-state index in [1.54, 1.807) is 32.0 Å². The van der Waals surface area contributed by atoms with Gasteiger partial charge in [-0.15, -0.1) is 11.3 Å². The second kappa shape index (κ2) is 6.65. The third-order valence-corrected chi connectivity index (χ3v) is 4.08. The number of aromatic nitrogens is 1. The van der Waals surface area contributed by atoms with E-state index in [1.807, 2.05) is 0 Å². The maximum atomic E-state index is 13.7. The molecule has 0 aliphatic carbocycles. The Bertz CT molecular complexity index is 700. The van der Waals surface area contributed by atoms with Crippen LogP contribution in [-0.2, 0) is 4.79 Å². The molecule has 0 bridgehead atoms. The van der Waals surface area contributed by atoms with Crippen LogP contribution < -0.4 is 5.32 Å². The van der Waals surface area contributed by atoms with Crippen molar-refractivity contribution >= 4 is 23.2 Å². The minimum Gasteiger partial charge on any atom is -0.480 e. The van der Waals surface area contributed by atoms with Crippen LogP contribution in [0.5, 0.6) is 0 Å². The first-order chi connectivity index (χ1) is 10.4. The molecular weight excluding hydrogens is 307 g/mol. The average Bonchev–Trinajstić information content (AvgIpc) is 2.94. The monoisotopic (exact) mass is 322 g/mol. The number of amides is 1. The predicted octanol–water partition coefficient (Wildman–Crippen LogP) is 2.79. The van der Waals surface area contributed by atoms with Crippen molar-refractivity contribution in [3.63, 3.8) is 0 Å². The minimum atomic E-state index is -1.10. The molecule has 0 aliphatic rings. The van der Waals surface area contributed by atoms with Crippen LogP contribution in [0.4, 0.5) is 4.39 Å². The Morgan fingerprint density at radius 3 is 2.59 bits per heavy atom. The normalized spacial score (nSPS) is 12.2. The molecule has 0 aliphatic heterocycles. The van der Waals surface area contributed by atoms with Crippen molar-refractivity contribution in [2.75, 3.05) is 0 Å². The van der Waals surface area contributed by atoms with Crippen LogP contribution in [0.15, 0.2) is 30.5 Å². The quantitative estimate of drug-likeness (QED) is 0.887. The van der Waals surface area contributed by atoms with Crippen LogP contribution in [0, 0.1) is 11.7 Å². The number of hydrogen-bond acceptors (Lipinski definition) is 4. The van der Waals surface area contributed by atoms with Crippen molar-refractivity contribution in [3.05, 3.63) is 41.2 Å². The molecule has 22 heavy (non-hydrogen) atoms. The number of carbonyl (C=O) groups excluding carboxylic acids is 1. The first-order valence-corrected chi connectivity index (χ1v) is 7.46. The number of carboxylic acid groups (broad SMARTS) is 1. The Morgan fingerprint density at radius 2 is 2.00 bits per heavy atom. The zero-order chi connectivity index (χ0) is 16.3. The van der Waals surface area contributed by atoms with Crippen molar-refractivity contribution in [2.24, 2.45) is 5.92 Å². The maximum absolute atomic E-state index is 13.7. The number of hydrogen-bond donors (Lipinski definition) is 2. The first-order valence-electron chi connectivity index (χ1n) is 6.64. The van der Waals surface area contributed by atoms with Crippen LogP contribution in [-0.4, -0.2) is 28.0 Å². The Hall–Kier alpha value is -2.28. The second-order valence-electron chi connectivity index (χ2n) is 5.04. The Labute approximate surface area is 130 Å². The minimum absolute atomic E-state index is 0.241. The summed E-state index contributed by atoms with van der Waals surface area (Å²) in [5.74, 6) is -2.29. The molecule has 7 heteroatoms. The largest absolute Gasteiger partial charge is 0.480 e. The molecule has 1 heterocycles. The summed E-state index contributed by atoms with van der Waals surface area (Å²) in [4.78, 5) is 27.5. The molecule has 1 aromatic carbocycles. The van der Waals surface area contributed by atoms with Gasteiger partial charge < -0.3 is 10.4 Å². The summed E-state index contributed by atoms with van der Waals surface area (Å²) >= 11 is 1.02. The zero-order valence-corrected chi connectivity index (χ0v) is 12.9. The molecule has 0 radical (unpaired) electrons. The molecule has 1 amide bonds. The van der Waals surface area contributed by atoms with Gasteiger partial charge in [-0.2, -0.15) is 0 Å². The van der Waals surface area contributed by atoms with E-state index in [9.17, 15) is 14.0 Å². The number of nitrogens with one attached hydrogen (secondary N) is 1. The number of rotatable bonds is 5. The third kappa shape index (κ3) is 3.48. The fourth-order valence-corrected chi connectivity index (χ4v) is 2.71. The average molecular weight is 322 g/mol. The van der Waals surface area contributed by atoms with E-state index in [-0.39, 0.29) is 10.8 Å². The number of thiazole rings is 1. The second-order valence-corrected chi connectivity index (χ2v) is 6.07. The summed E-state index contributed by atoms with van der Waals surface area (Å²) in [5, 5.41) is 11.9. The zero-order valence-electron chi connectivity index (χ0n) is 12.0. The molecule has 0 saturated heterocycles. The number of nitrogens with zero attached hydrogens (tertiary/aromatic N) is 1. The Kier molecular flexibility index (Phi) is 4.87. The molecule has 0 fully saturated rings. The SMILES string of the molecule is CC(C)[C@H](NC(=O)c1cnc(-c2ccccc2F)s1)C(=O)O. The van der Waals surface area contributed by atoms with Crippen molar-refractivity contribution in [3.8, 4) is 10.6 Å². The van der Waals surface area contributed by atoms with Gasteiger partial charge in [0.1, 0.15) is 21.7 Å². The van der Waals surface area contributed by atoms with Gasteiger partial charge >= 0.3 is 5.97 Å². The smallest absolute Gasteiger partial charge is 0.326 e. The molecule has 116 valence electrons. The molecule has 0 unspecified atom stereocenters. The van der Waals surface area contributed by atoms with E-state index < -0.39 is 23.7 Å². The van der Waals surface area contributed by atoms with E-state index in [0.717, 1.165) is 11.3 Å². The highest BCUT2D eigenvalue weighted by Crippen LogP contribution is 2.27. The predicted molar refractivity (Wildman–Crippen MR) is 81.2 cm³/mol. The van der Waals surface area contributed by atoms with Gasteiger partial charge in [-0.3, -0.25) is 4.79 Å². The lowest BCUT2D eigenvalue weighted by Crippen LogP contribution is -2.44. The fraction of sp³-hybridized carbons (Fsp3) is 0.267. The van der Waals surface area contributed by atoms with Crippen molar-refractivity contribution < 1.29 is 19.1 Å². The van der Waals surface area contributed by atoms with Crippen LogP contribution >= 0.6 is 11.3 Å². The topological polar surface area (TPSA) is 79.3 Å². The highest BCUT2D eigenvalue weighted by Gasteiger charge is 2.25. The Balaban J connectivity index is 2.19. The van der Waals surface area contributed by atoms with Gasteiger partial charge in [0.05, 0.1) is 6.20 Å². The number of carboxylic acids is 1. The van der Waals surface area contributed by atoms with Crippen molar-refractivity contribution in [2.45, 2.75) is 19.9 Å². The third-order valence-electron chi connectivity index (χ3n) is 3.05. The van der Waals surface area contributed by atoms with Crippen LogP contribution in [0.25, 0.3) is 10.6 Å². The van der Waals surface area contributed by atoms with Crippen molar-refractivity contribution in [1.29, 1.82) is 0 Å². The lowest BCUT2D eigenvalue weighted by atomic mass is 10.0.